The molecule has 2 N–H and O–H groups in total. The number of halogens is 1. The first-order chi connectivity index (χ1) is 13.6. The van der Waals surface area contributed by atoms with Gasteiger partial charge in [-0.1, -0.05) is 17.7 Å². The second-order valence-corrected chi connectivity index (χ2v) is 7.47. The van der Waals surface area contributed by atoms with Crippen LogP contribution in [-0.4, -0.2) is 44.1 Å². The Morgan fingerprint density at radius 2 is 1.79 bits per heavy atom. The fourth-order valence-corrected chi connectivity index (χ4v) is 3.74. The average Bonchev–Trinajstić information content (AvgIpc) is 2.72. The Morgan fingerprint density at radius 3 is 2.50 bits per heavy atom. The minimum absolute atomic E-state index is 0.0196. The maximum absolute atomic E-state index is 10.7. The second-order valence-electron chi connectivity index (χ2n) is 7.03. The highest BCUT2D eigenvalue weighted by Gasteiger charge is 2.33. The number of aliphatic hydroxyl groups is 1. The Bertz CT molecular complexity index is 753. The summed E-state index contributed by atoms with van der Waals surface area (Å²) in [5, 5.41) is 14.9. The van der Waals surface area contributed by atoms with Gasteiger partial charge < -0.3 is 24.6 Å². The molecule has 3 atom stereocenters. The summed E-state index contributed by atoms with van der Waals surface area (Å²) in [5.41, 5.74) is 1.16. The van der Waals surface area contributed by atoms with E-state index >= 15 is 0 Å². The fourth-order valence-electron chi connectivity index (χ4n) is 3.62. The van der Waals surface area contributed by atoms with Crippen molar-refractivity contribution in [2.45, 2.75) is 43.9 Å². The van der Waals surface area contributed by atoms with E-state index < -0.39 is 6.10 Å². The van der Waals surface area contributed by atoms with E-state index in [1.807, 2.05) is 30.3 Å². The predicted octanol–water partition coefficient (Wildman–Crippen LogP) is 3.85. The van der Waals surface area contributed by atoms with E-state index in [4.69, 9.17) is 25.8 Å². The van der Waals surface area contributed by atoms with Gasteiger partial charge in [0.2, 0.25) is 0 Å². The van der Waals surface area contributed by atoms with Crippen LogP contribution in [0.4, 0.5) is 0 Å². The predicted molar refractivity (Wildman–Crippen MR) is 111 cm³/mol. The van der Waals surface area contributed by atoms with Crippen molar-refractivity contribution in [3.8, 4) is 17.2 Å². The van der Waals surface area contributed by atoms with E-state index in [1.54, 1.807) is 26.4 Å². The van der Waals surface area contributed by atoms with Crippen LogP contribution in [0.1, 0.15) is 24.8 Å². The van der Waals surface area contributed by atoms with E-state index in [-0.39, 0.29) is 12.1 Å². The smallest absolute Gasteiger partial charge is 0.160 e. The standard InChI is InChI=1S/C22H28ClNO4/c1-26-19-11-6-15(14-21(19)27-2)12-13-24-18-4-3-5-20(22(18)25)28-17-9-7-16(23)8-10-17/h6-11,14,18,20,22,24-25H,3-5,12-13H2,1-2H3/t18-,20+,22+/m0/s1. The van der Waals surface area contributed by atoms with Crippen molar-refractivity contribution in [1.29, 1.82) is 0 Å². The van der Waals surface area contributed by atoms with Gasteiger partial charge in [-0.2, -0.15) is 0 Å². The van der Waals surface area contributed by atoms with Crippen LogP contribution in [0.5, 0.6) is 17.2 Å². The van der Waals surface area contributed by atoms with E-state index in [1.165, 1.54) is 0 Å². The molecule has 3 rings (SSSR count). The van der Waals surface area contributed by atoms with Gasteiger partial charge in [0, 0.05) is 11.1 Å². The highest BCUT2D eigenvalue weighted by atomic mass is 35.5. The zero-order valence-corrected chi connectivity index (χ0v) is 17.1. The second kappa shape index (κ2) is 10.0. The molecule has 6 heteroatoms. The first kappa shape index (κ1) is 20.8. The molecule has 0 bridgehead atoms. The van der Waals surface area contributed by atoms with Gasteiger partial charge in [-0.15, -0.1) is 0 Å². The topological polar surface area (TPSA) is 60.0 Å². The van der Waals surface area contributed by atoms with Crippen LogP contribution in [0, 0.1) is 0 Å². The van der Waals surface area contributed by atoms with Gasteiger partial charge in [0.05, 0.1) is 14.2 Å². The zero-order valence-electron chi connectivity index (χ0n) is 16.4. The Hall–Kier alpha value is -1.95. The molecule has 0 amide bonds. The van der Waals surface area contributed by atoms with Crippen molar-refractivity contribution in [1.82, 2.24) is 5.32 Å². The summed E-state index contributed by atoms with van der Waals surface area (Å²) in [7, 11) is 3.27. The molecule has 1 aliphatic rings. The first-order valence-electron chi connectivity index (χ1n) is 9.65. The molecule has 2 aromatic rings. The van der Waals surface area contributed by atoms with Crippen molar-refractivity contribution in [3.05, 3.63) is 53.1 Å². The maximum atomic E-state index is 10.7. The van der Waals surface area contributed by atoms with Crippen molar-refractivity contribution < 1.29 is 19.3 Å². The molecule has 1 fully saturated rings. The number of benzene rings is 2. The highest BCUT2D eigenvalue weighted by molar-refractivity contribution is 6.30. The molecule has 0 aliphatic heterocycles. The lowest BCUT2D eigenvalue weighted by Gasteiger charge is -2.35. The Labute approximate surface area is 171 Å². The average molecular weight is 406 g/mol. The molecule has 0 spiro atoms. The number of ether oxygens (including phenoxy) is 3. The third kappa shape index (κ3) is 5.31. The SMILES string of the molecule is COc1ccc(CCN[C@H]2CCC[C@@H](Oc3ccc(Cl)cc3)[C@@H]2O)cc1OC. The van der Waals surface area contributed by atoms with Crippen LogP contribution < -0.4 is 19.5 Å². The Morgan fingerprint density at radius 1 is 1.04 bits per heavy atom. The summed E-state index contributed by atoms with van der Waals surface area (Å²) in [4.78, 5) is 0. The Balaban J connectivity index is 1.52. The zero-order chi connectivity index (χ0) is 19.9. The molecular formula is C22H28ClNO4. The summed E-state index contributed by atoms with van der Waals surface area (Å²) in [6, 6.07) is 13.2. The summed E-state index contributed by atoms with van der Waals surface area (Å²) >= 11 is 5.92. The maximum Gasteiger partial charge on any atom is 0.160 e. The number of nitrogens with one attached hydrogen (secondary N) is 1. The van der Waals surface area contributed by atoms with Crippen molar-refractivity contribution >= 4 is 11.6 Å². The number of rotatable bonds is 8. The minimum atomic E-state index is -0.546. The highest BCUT2D eigenvalue weighted by Crippen LogP contribution is 2.28. The summed E-state index contributed by atoms with van der Waals surface area (Å²) < 4.78 is 16.6. The molecule has 5 nitrogen and oxygen atoms in total. The van der Waals surface area contributed by atoms with Crippen LogP contribution in [0.15, 0.2) is 42.5 Å². The monoisotopic (exact) mass is 405 g/mol. The Kier molecular flexibility index (Phi) is 7.43. The lowest BCUT2D eigenvalue weighted by atomic mass is 9.89. The summed E-state index contributed by atoms with van der Waals surface area (Å²) in [6.45, 7) is 0.769. The molecule has 152 valence electrons. The van der Waals surface area contributed by atoms with E-state index in [9.17, 15) is 5.11 Å². The third-order valence-corrected chi connectivity index (χ3v) is 5.42. The molecule has 1 saturated carbocycles. The quantitative estimate of drug-likeness (QED) is 0.698. The third-order valence-electron chi connectivity index (χ3n) is 5.17. The largest absolute Gasteiger partial charge is 0.493 e. The summed E-state index contributed by atoms with van der Waals surface area (Å²) in [5.74, 6) is 2.19. The van der Waals surface area contributed by atoms with Crippen molar-refractivity contribution in [3.63, 3.8) is 0 Å². The fraction of sp³-hybridized carbons (Fsp3) is 0.455. The summed E-state index contributed by atoms with van der Waals surface area (Å²) in [6.07, 6.45) is 2.88. The lowest BCUT2D eigenvalue weighted by molar-refractivity contribution is -0.0151. The number of methoxy groups -OCH3 is 2. The molecule has 0 heterocycles. The van der Waals surface area contributed by atoms with Gasteiger partial charge in [-0.3, -0.25) is 0 Å². The van der Waals surface area contributed by atoms with Crippen LogP contribution in [0.25, 0.3) is 0 Å². The lowest BCUT2D eigenvalue weighted by Crippen LogP contribution is -2.51. The van der Waals surface area contributed by atoms with E-state index in [2.05, 4.69) is 5.32 Å². The van der Waals surface area contributed by atoms with Crippen molar-refractivity contribution in [2.24, 2.45) is 0 Å². The van der Waals surface area contributed by atoms with Crippen LogP contribution in [-0.2, 0) is 6.42 Å². The van der Waals surface area contributed by atoms with Gasteiger partial charge in [-0.05, 0) is 74.2 Å². The normalized spacial score (nSPS) is 21.9. The number of hydrogen-bond acceptors (Lipinski definition) is 5. The van der Waals surface area contributed by atoms with Crippen LogP contribution >= 0.6 is 11.6 Å². The van der Waals surface area contributed by atoms with Crippen molar-refractivity contribution in [2.75, 3.05) is 20.8 Å². The van der Waals surface area contributed by atoms with Gasteiger partial charge in [0.25, 0.3) is 0 Å². The number of aliphatic hydroxyl groups excluding tert-OH is 1. The molecule has 0 aromatic heterocycles. The van der Waals surface area contributed by atoms with Gasteiger partial charge in [0.1, 0.15) is 18.0 Å². The van der Waals surface area contributed by atoms with E-state index in [0.717, 1.165) is 55.0 Å². The molecule has 1 aliphatic carbocycles. The van der Waals surface area contributed by atoms with Crippen LogP contribution in [0.3, 0.4) is 0 Å². The van der Waals surface area contributed by atoms with Gasteiger partial charge in [0.15, 0.2) is 11.5 Å². The molecule has 2 aromatic carbocycles. The molecular weight excluding hydrogens is 378 g/mol. The minimum Gasteiger partial charge on any atom is -0.493 e. The molecule has 28 heavy (non-hydrogen) atoms. The number of hydrogen-bond donors (Lipinski definition) is 2. The molecule has 0 saturated heterocycles. The van der Waals surface area contributed by atoms with E-state index in [0.29, 0.717) is 5.02 Å². The molecule has 0 radical (unpaired) electrons. The molecule has 0 unspecified atom stereocenters. The van der Waals surface area contributed by atoms with Gasteiger partial charge >= 0.3 is 0 Å². The van der Waals surface area contributed by atoms with Gasteiger partial charge in [-0.25, -0.2) is 0 Å². The first-order valence-corrected chi connectivity index (χ1v) is 10.0. The van der Waals surface area contributed by atoms with Crippen LogP contribution in [0.2, 0.25) is 5.02 Å².